The number of ketones is 1. The molecule has 0 atom stereocenters. The van der Waals surface area contributed by atoms with Gasteiger partial charge in [-0.25, -0.2) is 4.39 Å². The Morgan fingerprint density at radius 3 is 2.56 bits per heavy atom. The number of hydrogen-bond acceptors (Lipinski definition) is 3. The molecule has 0 aliphatic heterocycles. The number of nitrogens with zero attached hydrogens (tertiary/aromatic N) is 2. The van der Waals surface area contributed by atoms with Crippen LogP contribution in [0.15, 0.2) is 18.5 Å². The van der Waals surface area contributed by atoms with Crippen molar-refractivity contribution in [3.05, 3.63) is 29.8 Å². The van der Waals surface area contributed by atoms with E-state index in [1.54, 1.807) is 0 Å². The van der Waals surface area contributed by atoms with Crippen LogP contribution in [0.4, 0.5) is 4.39 Å². The van der Waals surface area contributed by atoms with Gasteiger partial charge < -0.3 is 0 Å². The topological polar surface area (TPSA) is 33.2 Å². The maximum absolute atomic E-state index is 13.7. The predicted octanol–water partition coefficient (Wildman–Crippen LogP) is 2.67. The monoisotopic (exact) mass is 250 g/mol. The Kier molecular flexibility index (Phi) is 3.76. The molecule has 1 aromatic rings. The molecule has 0 amide bonds. The Morgan fingerprint density at radius 2 is 2.00 bits per heavy atom. The van der Waals surface area contributed by atoms with Crippen LogP contribution in [0.1, 0.15) is 42.5 Å². The van der Waals surface area contributed by atoms with Gasteiger partial charge in [-0.05, 0) is 33.0 Å². The number of pyridine rings is 1. The van der Waals surface area contributed by atoms with Gasteiger partial charge in [0.2, 0.25) is 0 Å². The highest BCUT2D eigenvalue weighted by molar-refractivity contribution is 6.03. The van der Waals surface area contributed by atoms with Crippen LogP contribution in [-0.4, -0.2) is 35.3 Å². The van der Waals surface area contributed by atoms with Gasteiger partial charge in [0.15, 0.2) is 11.6 Å². The summed E-state index contributed by atoms with van der Waals surface area (Å²) < 4.78 is 13.7. The Balaban J connectivity index is 2.38. The van der Waals surface area contributed by atoms with E-state index >= 15 is 0 Å². The molecule has 0 aromatic carbocycles. The van der Waals surface area contributed by atoms with Crippen molar-refractivity contribution < 1.29 is 9.18 Å². The average Bonchev–Trinajstić information content (AvgIpc) is 2.39. The van der Waals surface area contributed by atoms with Crippen molar-refractivity contribution in [3.63, 3.8) is 0 Å². The molecule has 1 aliphatic rings. The quantitative estimate of drug-likeness (QED) is 0.773. The average molecular weight is 250 g/mol. The largest absolute Gasteiger partial charge is 0.297 e. The number of hydrogen-bond donors (Lipinski definition) is 0. The summed E-state index contributed by atoms with van der Waals surface area (Å²) in [6.07, 6.45) is 7.40. The Morgan fingerprint density at radius 1 is 1.33 bits per heavy atom. The number of Topliss-reactive ketones (excluding diaryl/α,β-unsaturated/α-hetero) is 1. The summed E-state index contributed by atoms with van der Waals surface area (Å²) in [7, 11) is 3.81. The molecular weight excluding hydrogens is 231 g/mol. The minimum atomic E-state index is -0.541. The van der Waals surface area contributed by atoms with Crippen molar-refractivity contribution in [2.75, 3.05) is 14.1 Å². The van der Waals surface area contributed by atoms with Gasteiger partial charge in [0.05, 0.1) is 17.3 Å². The second-order valence-electron chi connectivity index (χ2n) is 5.17. The van der Waals surface area contributed by atoms with E-state index in [9.17, 15) is 9.18 Å². The lowest BCUT2D eigenvalue weighted by molar-refractivity contribution is 0.0559. The first-order valence-electron chi connectivity index (χ1n) is 6.40. The molecule has 0 unspecified atom stereocenters. The summed E-state index contributed by atoms with van der Waals surface area (Å²) in [4.78, 5) is 18.3. The molecule has 1 aliphatic carbocycles. The molecule has 2 rings (SSSR count). The summed E-state index contributed by atoms with van der Waals surface area (Å²) in [5, 5.41) is 0. The van der Waals surface area contributed by atoms with Gasteiger partial charge in [0.1, 0.15) is 0 Å². The smallest absolute Gasteiger partial charge is 0.186 e. The summed E-state index contributed by atoms with van der Waals surface area (Å²) in [6.45, 7) is 0. The van der Waals surface area contributed by atoms with Gasteiger partial charge in [-0.2, -0.15) is 0 Å². The van der Waals surface area contributed by atoms with Crippen LogP contribution in [-0.2, 0) is 0 Å². The Labute approximate surface area is 107 Å². The number of likely N-dealkylation sites (N-methyl/N-ethyl adjacent to an activating group) is 1. The fourth-order valence-corrected chi connectivity index (χ4v) is 2.82. The van der Waals surface area contributed by atoms with Crippen LogP contribution >= 0.6 is 0 Å². The SMILES string of the molecule is CN(C)C1(C(=O)c2ccncc2F)CCCCC1. The standard InChI is InChI=1S/C14H19FN2O/c1-17(2)14(7-4-3-5-8-14)13(18)11-6-9-16-10-12(11)15/h6,9-10H,3-5,7-8H2,1-2H3. The number of carbonyl (C=O) groups is 1. The molecule has 1 heterocycles. The van der Waals surface area contributed by atoms with Gasteiger partial charge in [-0.15, -0.1) is 0 Å². The Hall–Kier alpha value is -1.29. The van der Waals surface area contributed by atoms with Crippen molar-refractivity contribution in [2.24, 2.45) is 0 Å². The zero-order valence-electron chi connectivity index (χ0n) is 10.9. The molecule has 3 nitrogen and oxygen atoms in total. The van der Waals surface area contributed by atoms with Crippen molar-refractivity contribution in [1.82, 2.24) is 9.88 Å². The minimum Gasteiger partial charge on any atom is -0.297 e. The van der Waals surface area contributed by atoms with E-state index in [-0.39, 0.29) is 11.3 Å². The van der Waals surface area contributed by atoms with Crippen LogP contribution in [0.2, 0.25) is 0 Å². The molecule has 0 spiro atoms. The highest BCUT2D eigenvalue weighted by atomic mass is 19.1. The van der Waals surface area contributed by atoms with Gasteiger partial charge in [0.25, 0.3) is 0 Å². The molecule has 0 saturated heterocycles. The molecule has 1 saturated carbocycles. The number of carbonyl (C=O) groups excluding carboxylic acids is 1. The predicted molar refractivity (Wildman–Crippen MR) is 68.0 cm³/mol. The van der Waals surface area contributed by atoms with E-state index in [0.29, 0.717) is 0 Å². The molecule has 1 fully saturated rings. The maximum atomic E-state index is 13.7. The molecule has 98 valence electrons. The minimum absolute atomic E-state index is 0.105. The molecule has 0 N–H and O–H groups in total. The molecule has 1 aromatic heterocycles. The molecule has 4 heteroatoms. The van der Waals surface area contributed by atoms with Crippen molar-refractivity contribution in [2.45, 2.75) is 37.6 Å². The third-order valence-electron chi connectivity index (χ3n) is 3.98. The van der Waals surface area contributed by atoms with E-state index in [4.69, 9.17) is 0 Å². The number of rotatable bonds is 3. The molecule has 0 radical (unpaired) electrons. The zero-order valence-corrected chi connectivity index (χ0v) is 10.9. The van der Waals surface area contributed by atoms with Crippen molar-refractivity contribution in [3.8, 4) is 0 Å². The van der Waals surface area contributed by atoms with Crippen LogP contribution in [0.3, 0.4) is 0 Å². The normalized spacial score (nSPS) is 18.9. The number of aromatic nitrogens is 1. The lowest BCUT2D eigenvalue weighted by Gasteiger charge is -2.41. The van der Waals surface area contributed by atoms with Gasteiger partial charge >= 0.3 is 0 Å². The summed E-state index contributed by atoms with van der Waals surface area (Å²) in [5.74, 6) is -0.624. The fraction of sp³-hybridized carbons (Fsp3) is 0.571. The highest BCUT2D eigenvalue weighted by Gasteiger charge is 2.42. The van der Waals surface area contributed by atoms with E-state index in [1.165, 1.54) is 12.3 Å². The second kappa shape index (κ2) is 5.14. The third-order valence-corrected chi connectivity index (χ3v) is 3.98. The van der Waals surface area contributed by atoms with Crippen molar-refractivity contribution >= 4 is 5.78 Å². The van der Waals surface area contributed by atoms with E-state index in [2.05, 4.69) is 4.98 Å². The Bertz CT molecular complexity index is 439. The first-order valence-corrected chi connectivity index (χ1v) is 6.40. The third kappa shape index (κ3) is 2.17. The first kappa shape index (κ1) is 13.1. The molecule has 0 bridgehead atoms. The summed E-state index contributed by atoms with van der Waals surface area (Å²) in [5.41, 5.74) is -0.374. The van der Waals surface area contributed by atoms with Gasteiger partial charge in [-0.3, -0.25) is 14.7 Å². The van der Waals surface area contributed by atoms with Gasteiger partial charge in [0, 0.05) is 6.20 Å². The zero-order chi connectivity index (χ0) is 13.2. The maximum Gasteiger partial charge on any atom is 0.186 e. The fourth-order valence-electron chi connectivity index (χ4n) is 2.82. The second-order valence-corrected chi connectivity index (χ2v) is 5.17. The summed E-state index contributed by atoms with van der Waals surface area (Å²) >= 11 is 0. The summed E-state index contributed by atoms with van der Waals surface area (Å²) in [6, 6.07) is 1.48. The van der Waals surface area contributed by atoms with E-state index in [0.717, 1.165) is 38.3 Å². The molecule has 18 heavy (non-hydrogen) atoms. The lowest BCUT2D eigenvalue weighted by Crippen LogP contribution is -2.52. The van der Waals surface area contributed by atoms with Crippen LogP contribution in [0.5, 0.6) is 0 Å². The first-order chi connectivity index (χ1) is 8.58. The van der Waals surface area contributed by atoms with Crippen molar-refractivity contribution in [1.29, 1.82) is 0 Å². The van der Waals surface area contributed by atoms with Gasteiger partial charge in [-0.1, -0.05) is 19.3 Å². The van der Waals surface area contributed by atoms with Crippen LogP contribution in [0.25, 0.3) is 0 Å². The number of halogens is 1. The van der Waals surface area contributed by atoms with E-state index < -0.39 is 11.4 Å². The molecular formula is C14H19FN2O. The van der Waals surface area contributed by atoms with Crippen LogP contribution < -0.4 is 0 Å². The van der Waals surface area contributed by atoms with Crippen LogP contribution in [0, 0.1) is 5.82 Å². The highest BCUT2D eigenvalue weighted by Crippen LogP contribution is 2.35. The van der Waals surface area contributed by atoms with E-state index in [1.807, 2.05) is 19.0 Å². The lowest BCUT2D eigenvalue weighted by atomic mass is 9.75.